The third kappa shape index (κ3) is 35.1. The van der Waals surface area contributed by atoms with Crippen LogP contribution in [0, 0.1) is 0 Å². The van der Waals surface area contributed by atoms with Crippen molar-refractivity contribution < 1.29 is 0 Å². The van der Waals surface area contributed by atoms with Crippen LogP contribution in [0.2, 0.25) is 0 Å². The molecule has 0 aliphatic carbocycles. The second-order valence-electron chi connectivity index (χ2n) is 8.09. The van der Waals surface area contributed by atoms with E-state index in [4.69, 9.17) is 0 Å². The maximum absolute atomic E-state index is 2.31. The molecule has 3 heteroatoms. The minimum absolute atomic E-state index is 0.380. The van der Waals surface area contributed by atoms with Crippen LogP contribution in [-0.4, -0.2) is 57.0 Å². The summed E-state index contributed by atoms with van der Waals surface area (Å²) in [5.74, 6) is 0. The van der Waals surface area contributed by atoms with Crippen LogP contribution in [0.3, 0.4) is 0 Å². The zero-order valence-corrected chi connectivity index (χ0v) is 23.6. The van der Waals surface area contributed by atoms with Crippen molar-refractivity contribution in [1.29, 1.82) is 0 Å². The molecule has 0 bridgehead atoms. The second-order valence-corrected chi connectivity index (χ2v) is 16.1. The molecule has 0 amide bonds. The van der Waals surface area contributed by atoms with Gasteiger partial charge in [0.25, 0.3) is 0 Å². The molecule has 0 aromatic carbocycles. The van der Waals surface area contributed by atoms with E-state index in [-0.39, 0.29) is 0 Å². The molecular weight excluding hydrogens is 381 g/mol. The third-order valence-electron chi connectivity index (χ3n) is 4.10. The van der Waals surface area contributed by atoms with Crippen molar-refractivity contribution in [1.82, 2.24) is 0 Å². The molecule has 0 saturated heterocycles. The number of hydrogen-bond donors (Lipinski definition) is 0. The Morgan fingerprint density at radius 3 is 0.778 bits per heavy atom. The van der Waals surface area contributed by atoms with Crippen molar-refractivity contribution in [2.75, 3.05) is 57.0 Å². The van der Waals surface area contributed by atoms with Crippen LogP contribution in [0.25, 0.3) is 0 Å². The van der Waals surface area contributed by atoms with Crippen LogP contribution >= 0.6 is 23.8 Å². The van der Waals surface area contributed by atoms with Gasteiger partial charge >= 0.3 is 0 Å². The van der Waals surface area contributed by atoms with Gasteiger partial charge in [-0.3, -0.25) is 0 Å². The highest BCUT2D eigenvalue weighted by molar-refractivity contribution is 7.57. The predicted molar refractivity (Wildman–Crippen MR) is 143 cm³/mol. The van der Waals surface area contributed by atoms with Crippen molar-refractivity contribution in [3.05, 3.63) is 0 Å². The largest absolute Gasteiger partial charge is 0.116 e. The van der Waals surface area contributed by atoms with Crippen molar-refractivity contribution in [3.63, 3.8) is 0 Å². The minimum Gasteiger partial charge on any atom is -0.116 e. The molecule has 0 atom stereocenters. The quantitative estimate of drug-likeness (QED) is 0.223. The molecule has 0 spiro atoms. The molecule has 168 valence electrons. The van der Waals surface area contributed by atoms with Crippen LogP contribution in [0.4, 0.5) is 0 Å². The van der Waals surface area contributed by atoms with Gasteiger partial charge in [0, 0.05) is 0 Å². The zero-order valence-electron chi connectivity index (χ0n) is 20.9. The van der Waals surface area contributed by atoms with Gasteiger partial charge in [-0.25, -0.2) is 0 Å². The summed E-state index contributed by atoms with van der Waals surface area (Å²) in [6.07, 6.45) is 21.9. The molecule has 0 radical (unpaired) electrons. The van der Waals surface area contributed by atoms with Crippen LogP contribution in [0.15, 0.2) is 0 Å². The number of rotatable bonds is 15. The molecule has 0 fully saturated rings. The summed E-state index contributed by atoms with van der Waals surface area (Å²) in [4.78, 5) is 0. The Bertz CT molecular complexity index is 196. The van der Waals surface area contributed by atoms with Crippen LogP contribution in [-0.2, 0) is 0 Å². The highest BCUT2D eigenvalue weighted by atomic mass is 31.1. The van der Waals surface area contributed by atoms with Gasteiger partial charge in [0.2, 0.25) is 0 Å². The van der Waals surface area contributed by atoms with Crippen LogP contribution < -0.4 is 0 Å². The highest BCUT2D eigenvalue weighted by Crippen LogP contribution is 2.38. The summed E-state index contributed by atoms with van der Waals surface area (Å²) >= 11 is 0. The van der Waals surface area contributed by atoms with Gasteiger partial charge < -0.3 is 0 Å². The molecule has 0 saturated carbocycles. The monoisotopic (exact) mass is 438 g/mol. The molecule has 0 aliphatic rings. The van der Waals surface area contributed by atoms with Gasteiger partial charge in [0.05, 0.1) is 0 Å². The normalized spacial score (nSPS) is 10.7. The van der Waals surface area contributed by atoms with Gasteiger partial charge in [0.1, 0.15) is 0 Å². The molecule has 0 N–H and O–H groups in total. The van der Waals surface area contributed by atoms with Crippen molar-refractivity contribution in [2.24, 2.45) is 0 Å². The topological polar surface area (TPSA) is 0 Å². The summed E-state index contributed by atoms with van der Waals surface area (Å²) in [6, 6.07) is 0. The van der Waals surface area contributed by atoms with Crippen LogP contribution in [0.1, 0.15) is 99.3 Å². The summed E-state index contributed by atoms with van der Waals surface area (Å²) in [5, 5.41) is 0. The van der Waals surface area contributed by atoms with E-state index in [0.717, 1.165) is 0 Å². The lowest BCUT2D eigenvalue weighted by atomic mass is 10.4. The first-order valence-corrected chi connectivity index (χ1v) is 18.5. The molecule has 0 rings (SSSR count). The van der Waals surface area contributed by atoms with Gasteiger partial charge in [0.15, 0.2) is 0 Å². The van der Waals surface area contributed by atoms with Gasteiger partial charge in [-0.05, 0) is 76.2 Å². The zero-order chi connectivity index (χ0) is 21.3. The van der Waals surface area contributed by atoms with E-state index in [0.29, 0.717) is 23.8 Å². The van der Waals surface area contributed by atoms with E-state index < -0.39 is 0 Å². The smallest absolute Gasteiger partial charge is 0.0326 e. The second kappa shape index (κ2) is 29.5. The Labute approximate surface area is 180 Å². The fraction of sp³-hybridized carbons (Fsp3) is 1.00. The number of hydrogen-bond acceptors (Lipinski definition) is 0. The van der Waals surface area contributed by atoms with E-state index >= 15 is 0 Å². The first-order valence-electron chi connectivity index (χ1n) is 12.0. The van der Waals surface area contributed by atoms with Crippen molar-refractivity contribution >= 4 is 23.8 Å². The third-order valence-corrected chi connectivity index (χ3v) is 10.2. The fourth-order valence-electron chi connectivity index (χ4n) is 2.76. The van der Waals surface area contributed by atoms with E-state index in [1.807, 2.05) is 0 Å². The lowest BCUT2D eigenvalue weighted by Gasteiger charge is -2.16. The van der Waals surface area contributed by atoms with E-state index in [1.54, 1.807) is 18.5 Å². The molecule has 0 aromatic heterocycles. The summed E-state index contributed by atoms with van der Waals surface area (Å²) in [6.45, 7) is 20.6. The van der Waals surface area contributed by atoms with Crippen LogP contribution in [0.5, 0.6) is 0 Å². The van der Waals surface area contributed by atoms with Gasteiger partial charge in [-0.2, -0.15) is 0 Å². The Balaban J connectivity index is -0.000000364. The average Bonchev–Trinajstić information content (AvgIpc) is 2.62. The summed E-state index contributed by atoms with van der Waals surface area (Å²) in [7, 11) is 1.24. The van der Waals surface area contributed by atoms with Crippen molar-refractivity contribution in [2.45, 2.75) is 99.3 Å². The lowest BCUT2D eigenvalue weighted by Crippen LogP contribution is -1.95. The van der Waals surface area contributed by atoms with Gasteiger partial charge in [-0.15, -0.1) is 23.8 Å². The first-order chi connectivity index (χ1) is 12.9. The Kier molecular flexibility index (Phi) is 36.0. The minimum atomic E-state index is 0.380. The number of unbranched alkanes of at least 4 members (excludes halogenated alkanes) is 3. The summed E-state index contributed by atoms with van der Waals surface area (Å²) < 4.78 is 0. The first kappa shape index (κ1) is 32.9. The Morgan fingerprint density at radius 2 is 0.593 bits per heavy atom. The summed E-state index contributed by atoms with van der Waals surface area (Å²) in [5.41, 5.74) is 0. The molecular formula is C24H57P3. The molecule has 0 heterocycles. The Morgan fingerprint density at radius 1 is 0.370 bits per heavy atom. The maximum Gasteiger partial charge on any atom is -0.0326 e. The molecule has 0 aromatic rings. The fourth-order valence-corrected chi connectivity index (χ4v) is 8.29. The standard InChI is InChI=1S/C12H27P.C9H21P.C3H9P/c1-4-7-10-13(11-8-5-2)12-9-6-3;1-4-7-10(8-5-2)9-6-3;1-4(2)3/h4-12H2,1-3H3;4-9H2,1-3H3;1-3H3. The van der Waals surface area contributed by atoms with Crippen molar-refractivity contribution in [3.8, 4) is 0 Å². The lowest BCUT2D eigenvalue weighted by molar-refractivity contribution is 0.847. The SMILES string of the molecule is CCCCP(CCCC)CCCC.CCCP(CCC)CCC.CP(C)C. The van der Waals surface area contributed by atoms with Gasteiger partial charge in [-0.1, -0.05) is 80.1 Å². The molecule has 0 nitrogen and oxygen atoms in total. The predicted octanol–water partition coefficient (Wildman–Crippen LogP) is 9.92. The molecule has 0 aliphatic heterocycles. The highest BCUT2D eigenvalue weighted by Gasteiger charge is 2.05. The molecule has 27 heavy (non-hydrogen) atoms. The van der Waals surface area contributed by atoms with E-state index in [2.05, 4.69) is 61.5 Å². The van der Waals surface area contributed by atoms with E-state index in [9.17, 15) is 0 Å². The average molecular weight is 439 g/mol. The maximum atomic E-state index is 2.31. The van der Waals surface area contributed by atoms with E-state index in [1.165, 1.54) is 76.3 Å². The molecule has 0 unspecified atom stereocenters. The Hall–Kier alpha value is 1.29.